The lowest BCUT2D eigenvalue weighted by Gasteiger charge is -2.22. The summed E-state index contributed by atoms with van der Waals surface area (Å²) in [6, 6.07) is 8.73. The van der Waals surface area contributed by atoms with Crippen LogP contribution in [0.5, 0.6) is 0 Å². The normalized spacial score (nSPS) is 15.0. The first-order chi connectivity index (χ1) is 13.1. The maximum atomic E-state index is 12.9. The molecule has 2 amide bonds. The minimum Gasteiger partial charge on any atom is -0.441 e. The van der Waals surface area contributed by atoms with E-state index in [0.29, 0.717) is 54.3 Å². The monoisotopic (exact) mass is 364 g/mol. The van der Waals surface area contributed by atoms with Gasteiger partial charge in [0.1, 0.15) is 5.52 Å². The SMILES string of the molecule is Cc1nc2cc(C(=O)N3CCCN(C(=O)c4ccncc4)CC3)ccc2o1. The Morgan fingerprint density at radius 3 is 2.30 bits per heavy atom. The predicted molar refractivity (Wildman–Crippen MR) is 99.4 cm³/mol. The molecule has 0 aliphatic carbocycles. The Hall–Kier alpha value is -3.22. The highest BCUT2D eigenvalue weighted by Crippen LogP contribution is 2.19. The molecule has 0 spiro atoms. The molecule has 7 heteroatoms. The van der Waals surface area contributed by atoms with Crippen LogP contribution in [-0.2, 0) is 0 Å². The summed E-state index contributed by atoms with van der Waals surface area (Å²) < 4.78 is 5.47. The predicted octanol–water partition coefficient (Wildman–Crippen LogP) is 2.52. The minimum atomic E-state index is -0.0456. The van der Waals surface area contributed by atoms with E-state index in [-0.39, 0.29) is 11.8 Å². The number of benzene rings is 1. The molecule has 0 N–H and O–H groups in total. The molecule has 4 rings (SSSR count). The lowest BCUT2D eigenvalue weighted by atomic mass is 10.1. The summed E-state index contributed by atoms with van der Waals surface area (Å²) in [5, 5.41) is 0. The summed E-state index contributed by atoms with van der Waals surface area (Å²) in [6.45, 7) is 4.05. The number of amides is 2. The van der Waals surface area contributed by atoms with Crippen molar-refractivity contribution in [2.24, 2.45) is 0 Å². The Balaban J connectivity index is 1.47. The summed E-state index contributed by atoms with van der Waals surface area (Å²) in [4.78, 5) is 37.4. The number of rotatable bonds is 2. The minimum absolute atomic E-state index is 0.0220. The van der Waals surface area contributed by atoms with Gasteiger partial charge in [0, 0.05) is 56.6 Å². The zero-order valence-electron chi connectivity index (χ0n) is 15.1. The van der Waals surface area contributed by atoms with Crippen molar-refractivity contribution in [1.82, 2.24) is 19.8 Å². The van der Waals surface area contributed by atoms with Gasteiger partial charge in [-0.25, -0.2) is 4.98 Å². The van der Waals surface area contributed by atoms with Crippen LogP contribution in [0.15, 0.2) is 47.1 Å². The molecule has 1 aromatic carbocycles. The van der Waals surface area contributed by atoms with Crippen molar-refractivity contribution in [2.75, 3.05) is 26.2 Å². The molecule has 0 unspecified atom stereocenters. The Labute approximate surface area is 156 Å². The van der Waals surface area contributed by atoms with Crippen molar-refractivity contribution in [3.63, 3.8) is 0 Å². The third-order valence-electron chi connectivity index (χ3n) is 4.74. The van der Waals surface area contributed by atoms with Gasteiger partial charge in [-0.3, -0.25) is 14.6 Å². The number of carbonyl (C=O) groups is 2. The summed E-state index contributed by atoms with van der Waals surface area (Å²) in [7, 11) is 0. The van der Waals surface area contributed by atoms with Gasteiger partial charge in [-0.05, 0) is 36.8 Å². The molecule has 27 heavy (non-hydrogen) atoms. The van der Waals surface area contributed by atoms with Gasteiger partial charge in [-0.15, -0.1) is 0 Å². The Morgan fingerprint density at radius 1 is 0.926 bits per heavy atom. The summed E-state index contributed by atoms with van der Waals surface area (Å²) in [5.74, 6) is 0.511. The Bertz CT molecular complexity index is 983. The van der Waals surface area contributed by atoms with Crippen molar-refractivity contribution in [3.8, 4) is 0 Å². The Morgan fingerprint density at radius 2 is 1.59 bits per heavy atom. The molecule has 3 heterocycles. The van der Waals surface area contributed by atoms with Gasteiger partial charge >= 0.3 is 0 Å². The lowest BCUT2D eigenvalue weighted by molar-refractivity contribution is 0.0719. The van der Waals surface area contributed by atoms with Gasteiger partial charge < -0.3 is 14.2 Å². The van der Waals surface area contributed by atoms with Crippen LogP contribution in [0.2, 0.25) is 0 Å². The summed E-state index contributed by atoms with van der Waals surface area (Å²) in [5.41, 5.74) is 2.57. The number of hydrogen-bond acceptors (Lipinski definition) is 5. The van der Waals surface area contributed by atoms with Gasteiger partial charge in [0.25, 0.3) is 11.8 Å². The molecule has 3 aromatic rings. The Kier molecular flexibility index (Phi) is 4.58. The van der Waals surface area contributed by atoms with E-state index in [1.165, 1.54) is 0 Å². The fraction of sp³-hybridized carbons (Fsp3) is 0.300. The van der Waals surface area contributed by atoms with Gasteiger partial charge in [0.05, 0.1) is 0 Å². The first kappa shape index (κ1) is 17.2. The molecule has 2 aromatic heterocycles. The van der Waals surface area contributed by atoms with Crippen molar-refractivity contribution in [1.29, 1.82) is 0 Å². The zero-order chi connectivity index (χ0) is 18.8. The van der Waals surface area contributed by atoms with Crippen molar-refractivity contribution < 1.29 is 14.0 Å². The van der Waals surface area contributed by atoms with E-state index in [9.17, 15) is 9.59 Å². The average Bonchev–Trinajstić information content (AvgIpc) is 2.90. The van der Waals surface area contributed by atoms with Gasteiger partial charge in [0.2, 0.25) is 0 Å². The van der Waals surface area contributed by atoms with Crippen LogP contribution in [-0.4, -0.2) is 57.8 Å². The first-order valence-corrected chi connectivity index (χ1v) is 8.97. The standard InChI is InChI=1S/C20H20N4O3/c1-14-22-17-13-16(3-4-18(17)27-14)20(26)24-10-2-9-23(11-12-24)19(25)15-5-7-21-8-6-15/h3-8,13H,2,9-12H2,1H3. The van der Waals surface area contributed by atoms with Gasteiger partial charge in [-0.1, -0.05) is 0 Å². The van der Waals surface area contributed by atoms with E-state index >= 15 is 0 Å². The zero-order valence-corrected chi connectivity index (χ0v) is 15.1. The third-order valence-corrected chi connectivity index (χ3v) is 4.74. The number of aryl methyl sites for hydroxylation is 1. The van der Waals surface area contributed by atoms with Crippen molar-refractivity contribution in [2.45, 2.75) is 13.3 Å². The fourth-order valence-electron chi connectivity index (χ4n) is 3.36. The highest BCUT2D eigenvalue weighted by atomic mass is 16.3. The molecular formula is C20H20N4O3. The van der Waals surface area contributed by atoms with Crippen molar-refractivity contribution in [3.05, 3.63) is 59.7 Å². The largest absolute Gasteiger partial charge is 0.441 e. The van der Waals surface area contributed by atoms with Gasteiger partial charge in [-0.2, -0.15) is 0 Å². The average molecular weight is 364 g/mol. The van der Waals surface area contributed by atoms with Crippen LogP contribution >= 0.6 is 0 Å². The molecule has 0 bridgehead atoms. The quantitative estimate of drug-likeness (QED) is 0.698. The second-order valence-corrected chi connectivity index (χ2v) is 6.59. The number of pyridine rings is 1. The number of hydrogen-bond donors (Lipinski definition) is 0. The lowest BCUT2D eigenvalue weighted by Crippen LogP contribution is -2.37. The first-order valence-electron chi connectivity index (χ1n) is 8.97. The molecule has 138 valence electrons. The van der Waals surface area contributed by atoms with Crippen LogP contribution in [0.25, 0.3) is 11.1 Å². The van der Waals surface area contributed by atoms with Gasteiger partial charge in [0.15, 0.2) is 11.5 Å². The molecule has 1 fully saturated rings. The molecule has 1 aliphatic rings. The molecular weight excluding hydrogens is 344 g/mol. The van der Waals surface area contributed by atoms with Crippen LogP contribution < -0.4 is 0 Å². The molecule has 0 radical (unpaired) electrons. The summed E-state index contributed by atoms with van der Waals surface area (Å²) in [6.07, 6.45) is 3.97. The van der Waals surface area contributed by atoms with Crippen LogP contribution in [0.3, 0.4) is 0 Å². The van der Waals surface area contributed by atoms with Crippen molar-refractivity contribution >= 4 is 22.9 Å². The fourth-order valence-corrected chi connectivity index (χ4v) is 3.36. The van der Waals surface area contributed by atoms with E-state index in [0.717, 1.165) is 6.42 Å². The van der Waals surface area contributed by atoms with E-state index in [1.807, 2.05) is 0 Å². The molecule has 7 nitrogen and oxygen atoms in total. The molecule has 1 aliphatic heterocycles. The number of oxazole rings is 1. The second-order valence-electron chi connectivity index (χ2n) is 6.59. The number of fused-ring (bicyclic) bond motifs is 1. The highest BCUT2D eigenvalue weighted by molar-refractivity contribution is 5.97. The molecule has 0 saturated carbocycles. The summed E-state index contributed by atoms with van der Waals surface area (Å²) >= 11 is 0. The maximum Gasteiger partial charge on any atom is 0.254 e. The van der Waals surface area contributed by atoms with E-state index in [1.54, 1.807) is 59.4 Å². The third kappa shape index (κ3) is 3.53. The van der Waals surface area contributed by atoms with E-state index < -0.39 is 0 Å². The molecule has 1 saturated heterocycles. The van der Waals surface area contributed by atoms with E-state index in [4.69, 9.17) is 4.42 Å². The number of aromatic nitrogens is 2. The van der Waals surface area contributed by atoms with Crippen LogP contribution in [0.1, 0.15) is 33.0 Å². The highest BCUT2D eigenvalue weighted by Gasteiger charge is 2.24. The van der Waals surface area contributed by atoms with Crippen LogP contribution in [0, 0.1) is 6.92 Å². The molecule has 0 atom stereocenters. The maximum absolute atomic E-state index is 12.9. The van der Waals surface area contributed by atoms with Crippen LogP contribution in [0.4, 0.5) is 0 Å². The topological polar surface area (TPSA) is 79.5 Å². The smallest absolute Gasteiger partial charge is 0.254 e. The number of nitrogens with zero attached hydrogens (tertiary/aromatic N) is 4. The number of carbonyl (C=O) groups excluding carboxylic acids is 2. The second kappa shape index (κ2) is 7.19. The van der Waals surface area contributed by atoms with E-state index in [2.05, 4.69) is 9.97 Å².